The van der Waals surface area contributed by atoms with Gasteiger partial charge < -0.3 is 14.7 Å². The molecule has 0 fully saturated rings. The van der Waals surface area contributed by atoms with Crippen molar-refractivity contribution in [3.8, 4) is 11.4 Å². The van der Waals surface area contributed by atoms with E-state index in [1.165, 1.54) is 11.8 Å². The molecule has 0 radical (unpaired) electrons. The third-order valence-electron chi connectivity index (χ3n) is 4.80. The predicted octanol–water partition coefficient (Wildman–Crippen LogP) is 5.83. The molecule has 0 saturated carbocycles. The molecule has 0 aliphatic rings. The lowest BCUT2D eigenvalue weighted by atomic mass is 10.2. The van der Waals surface area contributed by atoms with Gasteiger partial charge in [-0.15, -0.1) is 24.2 Å². The van der Waals surface area contributed by atoms with Gasteiger partial charge >= 0.3 is 5.97 Å². The number of carbonyl (C=O) groups is 1. The Kier molecular flexibility index (Phi) is 9.98. The number of thioether (sulfide) groups is 1. The van der Waals surface area contributed by atoms with Gasteiger partial charge in [0.1, 0.15) is 10.6 Å². The molecule has 176 valence electrons. The first-order valence-corrected chi connectivity index (χ1v) is 11.3. The molecular formula is C24H27Cl2N3O3S. The maximum Gasteiger partial charge on any atom is 0.319 e. The Bertz CT molecular complexity index is 1060. The van der Waals surface area contributed by atoms with Gasteiger partial charge in [-0.25, -0.2) is 9.97 Å². The minimum absolute atomic E-state index is 0. The van der Waals surface area contributed by atoms with E-state index in [0.29, 0.717) is 30.5 Å². The van der Waals surface area contributed by atoms with Crippen LogP contribution in [0, 0.1) is 0 Å². The van der Waals surface area contributed by atoms with Gasteiger partial charge in [-0.05, 0) is 49.7 Å². The van der Waals surface area contributed by atoms with Crippen LogP contribution in [-0.2, 0) is 16.1 Å². The second-order valence-electron chi connectivity index (χ2n) is 7.72. The molecule has 0 aliphatic carbocycles. The second-order valence-corrected chi connectivity index (χ2v) is 9.86. The first kappa shape index (κ1) is 26.9. The fraction of sp³-hybridized carbons (Fsp3) is 0.292. The molecule has 9 heteroatoms. The molecule has 0 bridgehead atoms. The Balaban J connectivity index is 0.00000385. The predicted molar refractivity (Wildman–Crippen MR) is 137 cm³/mol. The highest BCUT2D eigenvalue weighted by Crippen LogP contribution is 2.33. The quantitative estimate of drug-likeness (QED) is 0.346. The van der Waals surface area contributed by atoms with E-state index in [2.05, 4.69) is 9.88 Å². The van der Waals surface area contributed by atoms with Crippen LogP contribution in [-0.4, -0.2) is 46.1 Å². The number of carboxylic acids is 1. The van der Waals surface area contributed by atoms with Crippen molar-refractivity contribution in [1.82, 2.24) is 9.97 Å². The number of ether oxygens (including phenoxy) is 1. The van der Waals surface area contributed by atoms with Crippen molar-refractivity contribution in [1.29, 1.82) is 0 Å². The molecule has 0 saturated heterocycles. The highest BCUT2D eigenvalue weighted by Gasteiger charge is 2.28. The zero-order valence-corrected chi connectivity index (χ0v) is 21.1. The van der Waals surface area contributed by atoms with Crippen LogP contribution in [0.25, 0.3) is 11.4 Å². The number of rotatable bonds is 10. The summed E-state index contributed by atoms with van der Waals surface area (Å²) in [6.07, 6.45) is 1.74. The Morgan fingerprint density at radius 2 is 1.91 bits per heavy atom. The molecule has 0 amide bonds. The van der Waals surface area contributed by atoms with Gasteiger partial charge in [0.25, 0.3) is 0 Å². The van der Waals surface area contributed by atoms with Gasteiger partial charge in [0, 0.05) is 41.9 Å². The molecule has 33 heavy (non-hydrogen) atoms. The summed E-state index contributed by atoms with van der Waals surface area (Å²) in [5.74, 6) is 0.559. The molecule has 1 heterocycles. The number of hydrogen-bond acceptors (Lipinski definition) is 6. The van der Waals surface area contributed by atoms with Crippen LogP contribution in [0.15, 0.2) is 65.7 Å². The molecule has 0 aliphatic heterocycles. The molecular weight excluding hydrogens is 481 g/mol. The molecule has 0 unspecified atom stereocenters. The summed E-state index contributed by atoms with van der Waals surface area (Å²) in [6.45, 7) is 5.24. The van der Waals surface area contributed by atoms with Gasteiger partial charge in [0.2, 0.25) is 0 Å². The zero-order chi connectivity index (χ0) is 23.1. The van der Waals surface area contributed by atoms with E-state index in [1.807, 2.05) is 54.6 Å². The maximum atomic E-state index is 11.4. The molecule has 3 aromatic rings. The summed E-state index contributed by atoms with van der Waals surface area (Å²) < 4.78 is 4.41. The van der Waals surface area contributed by atoms with Gasteiger partial charge in [0.05, 0.1) is 6.61 Å². The number of hydrogen-bond donors (Lipinski definition) is 1. The number of methoxy groups -OCH3 is 1. The lowest BCUT2D eigenvalue weighted by Gasteiger charge is -2.24. The lowest BCUT2D eigenvalue weighted by molar-refractivity contribution is -0.138. The normalized spacial score (nSPS) is 11.0. The Morgan fingerprint density at radius 1 is 1.18 bits per heavy atom. The lowest BCUT2D eigenvalue weighted by Crippen LogP contribution is -2.28. The van der Waals surface area contributed by atoms with Gasteiger partial charge in [-0.2, -0.15) is 0 Å². The highest BCUT2D eigenvalue weighted by molar-refractivity contribution is 8.01. The Hall–Kier alpha value is -2.32. The van der Waals surface area contributed by atoms with E-state index in [4.69, 9.17) is 21.3 Å². The molecule has 3 rings (SSSR count). The monoisotopic (exact) mass is 507 g/mol. The van der Waals surface area contributed by atoms with Gasteiger partial charge in [-0.3, -0.25) is 4.79 Å². The Morgan fingerprint density at radius 3 is 2.55 bits per heavy atom. The van der Waals surface area contributed by atoms with Crippen LogP contribution in [0.5, 0.6) is 0 Å². The molecule has 2 aromatic carbocycles. The minimum Gasteiger partial charge on any atom is -0.480 e. The number of aliphatic carboxylic acids is 1. The van der Waals surface area contributed by atoms with E-state index in [0.717, 1.165) is 21.8 Å². The summed E-state index contributed by atoms with van der Waals surface area (Å²) in [4.78, 5) is 23.6. The second kappa shape index (κ2) is 12.2. The number of halogens is 2. The summed E-state index contributed by atoms with van der Waals surface area (Å²) in [7, 11) is 1.67. The standard InChI is InChI=1S/C24H26ClN3O3S.ClH/c1-24(2,23(29)30)32-20-9-7-17(8-10-20)16-28(13-14-31-3)21-11-12-26-22(27-21)18-5-4-6-19(25)15-18;/h4-12,15H,13-14,16H2,1-3H3,(H,29,30);1H. The maximum absolute atomic E-state index is 11.4. The molecule has 1 N–H and O–H groups in total. The van der Waals surface area contributed by atoms with Crippen molar-refractivity contribution in [3.63, 3.8) is 0 Å². The summed E-state index contributed by atoms with van der Waals surface area (Å²) in [5.41, 5.74) is 1.94. The summed E-state index contributed by atoms with van der Waals surface area (Å²) in [5, 5.41) is 9.98. The van der Waals surface area contributed by atoms with Crippen LogP contribution in [0.4, 0.5) is 5.82 Å². The van der Waals surface area contributed by atoms with E-state index >= 15 is 0 Å². The van der Waals surface area contributed by atoms with E-state index in [9.17, 15) is 9.90 Å². The largest absolute Gasteiger partial charge is 0.480 e. The van der Waals surface area contributed by atoms with Crippen LogP contribution < -0.4 is 4.90 Å². The molecule has 0 atom stereocenters. The topological polar surface area (TPSA) is 75.5 Å². The fourth-order valence-corrected chi connectivity index (χ4v) is 4.13. The molecule has 1 aromatic heterocycles. The van der Waals surface area contributed by atoms with Crippen LogP contribution in [0.2, 0.25) is 5.02 Å². The van der Waals surface area contributed by atoms with Crippen LogP contribution in [0.1, 0.15) is 19.4 Å². The molecule has 0 spiro atoms. The smallest absolute Gasteiger partial charge is 0.319 e. The average molecular weight is 508 g/mol. The summed E-state index contributed by atoms with van der Waals surface area (Å²) in [6, 6.07) is 17.3. The van der Waals surface area contributed by atoms with Crippen molar-refractivity contribution in [2.24, 2.45) is 0 Å². The molecule has 6 nitrogen and oxygen atoms in total. The number of benzene rings is 2. The van der Waals surface area contributed by atoms with Crippen molar-refractivity contribution in [2.45, 2.75) is 30.0 Å². The highest BCUT2D eigenvalue weighted by atomic mass is 35.5. The minimum atomic E-state index is -0.885. The number of aromatic nitrogens is 2. The third-order valence-corrected chi connectivity index (χ3v) is 6.23. The third kappa shape index (κ3) is 7.61. The van der Waals surface area contributed by atoms with Crippen molar-refractivity contribution in [3.05, 3.63) is 71.4 Å². The van der Waals surface area contributed by atoms with Gasteiger partial charge in [-0.1, -0.05) is 35.9 Å². The van der Waals surface area contributed by atoms with Crippen LogP contribution in [0.3, 0.4) is 0 Å². The van der Waals surface area contributed by atoms with E-state index in [1.54, 1.807) is 27.2 Å². The number of anilines is 1. The Labute approximate surface area is 209 Å². The average Bonchev–Trinajstić information content (AvgIpc) is 2.77. The number of nitrogens with zero attached hydrogens (tertiary/aromatic N) is 3. The SMILES string of the molecule is COCCN(Cc1ccc(SC(C)(C)C(=O)O)cc1)c1ccnc(-c2cccc(Cl)c2)n1.Cl. The van der Waals surface area contributed by atoms with E-state index in [-0.39, 0.29) is 12.4 Å². The van der Waals surface area contributed by atoms with Crippen molar-refractivity contribution < 1.29 is 14.6 Å². The fourth-order valence-electron chi connectivity index (χ4n) is 2.99. The zero-order valence-electron chi connectivity index (χ0n) is 18.7. The number of carboxylic acid groups (broad SMARTS) is 1. The van der Waals surface area contributed by atoms with Crippen LogP contribution >= 0.6 is 35.8 Å². The van der Waals surface area contributed by atoms with Gasteiger partial charge in [0.15, 0.2) is 5.82 Å². The van der Waals surface area contributed by atoms with E-state index < -0.39 is 10.7 Å². The summed E-state index contributed by atoms with van der Waals surface area (Å²) >= 11 is 7.45. The first-order valence-electron chi connectivity index (χ1n) is 10.1. The van der Waals surface area contributed by atoms with Crippen molar-refractivity contribution in [2.75, 3.05) is 25.2 Å². The first-order chi connectivity index (χ1) is 15.3. The van der Waals surface area contributed by atoms with Crippen molar-refractivity contribution >= 4 is 47.6 Å².